The molecule has 0 aromatic heterocycles. The Balaban J connectivity index is 1.93. The molecular formula is C10H11N3O3. The Morgan fingerprint density at radius 2 is 2.31 bits per heavy atom. The second kappa shape index (κ2) is 4.26. The predicted octanol–water partition coefficient (Wildman–Crippen LogP) is -1.23. The molecule has 0 spiro atoms. The third-order valence-corrected chi connectivity index (χ3v) is 2.46. The maximum Gasteiger partial charge on any atom is 0.262 e. The van der Waals surface area contributed by atoms with Crippen LogP contribution in [0, 0.1) is 5.92 Å². The Kier molecular flexibility index (Phi) is 2.80. The molecule has 0 radical (unpaired) electrons. The van der Waals surface area contributed by atoms with Crippen molar-refractivity contribution in [3.8, 4) is 0 Å². The molecule has 16 heavy (non-hydrogen) atoms. The van der Waals surface area contributed by atoms with Gasteiger partial charge in [-0.1, -0.05) is 6.08 Å². The van der Waals surface area contributed by atoms with Gasteiger partial charge in [0.1, 0.15) is 5.92 Å². The van der Waals surface area contributed by atoms with E-state index in [1.54, 1.807) is 6.08 Å². The van der Waals surface area contributed by atoms with E-state index in [0.29, 0.717) is 6.54 Å². The first-order valence-electron chi connectivity index (χ1n) is 4.98. The van der Waals surface area contributed by atoms with Gasteiger partial charge in [-0.25, -0.2) is 4.99 Å². The number of dihydropyridines is 1. The first-order valence-corrected chi connectivity index (χ1v) is 4.98. The number of amides is 3. The van der Waals surface area contributed by atoms with E-state index in [-0.39, 0.29) is 18.4 Å². The molecule has 6 nitrogen and oxygen atoms in total. The summed E-state index contributed by atoms with van der Waals surface area (Å²) < 4.78 is 0. The Labute approximate surface area is 91.8 Å². The summed E-state index contributed by atoms with van der Waals surface area (Å²) >= 11 is 0. The summed E-state index contributed by atoms with van der Waals surface area (Å²) in [5, 5.41) is 5.24. The summed E-state index contributed by atoms with van der Waals surface area (Å²) in [6, 6.07) is -0.230. The van der Waals surface area contributed by atoms with Crippen LogP contribution in [0.1, 0.15) is 6.42 Å². The van der Waals surface area contributed by atoms with Gasteiger partial charge in [0, 0.05) is 19.2 Å². The number of aliphatic imine (C=N–C) groups is 1. The number of hydrogen-bond donors (Lipinski definition) is 2. The molecule has 0 aliphatic carbocycles. The van der Waals surface area contributed by atoms with E-state index in [1.807, 2.05) is 0 Å². The second-order valence-corrected chi connectivity index (χ2v) is 3.69. The SMILES string of the molecule is O=C1CC(NC(=O)C2C=CC=NC2=O)CN1. The van der Waals surface area contributed by atoms with Gasteiger partial charge in [0.05, 0.1) is 6.04 Å². The maximum atomic E-state index is 11.7. The van der Waals surface area contributed by atoms with Crippen LogP contribution in [0.25, 0.3) is 0 Å². The van der Waals surface area contributed by atoms with Crippen molar-refractivity contribution >= 4 is 23.9 Å². The van der Waals surface area contributed by atoms with E-state index >= 15 is 0 Å². The molecule has 2 N–H and O–H groups in total. The zero-order valence-corrected chi connectivity index (χ0v) is 8.47. The predicted molar refractivity (Wildman–Crippen MR) is 55.7 cm³/mol. The Morgan fingerprint density at radius 3 is 2.94 bits per heavy atom. The minimum atomic E-state index is -0.860. The summed E-state index contributed by atoms with van der Waals surface area (Å²) in [5.74, 6) is -1.83. The van der Waals surface area contributed by atoms with Crippen LogP contribution in [0.3, 0.4) is 0 Å². The van der Waals surface area contributed by atoms with Crippen molar-refractivity contribution in [1.29, 1.82) is 0 Å². The Morgan fingerprint density at radius 1 is 1.50 bits per heavy atom. The minimum Gasteiger partial charge on any atom is -0.354 e. The zero-order chi connectivity index (χ0) is 11.5. The van der Waals surface area contributed by atoms with Crippen LogP contribution in [0.4, 0.5) is 0 Å². The Hall–Kier alpha value is -1.98. The fraction of sp³-hybridized carbons (Fsp3) is 0.400. The molecule has 2 aliphatic rings. The summed E-state index contributed by atoms with van der Waals surface area (Å²) in [4.78, 5) is 37.4. The second-order valence-electron chi connectivity index (χ2n) is 3.69. The fourth-order valence-corrected chi connectivity index (χ4v) is 1.64. The summed E-state index contributed by atoms with van der Waals surface area (Å²) in [5.41, 5.74) is 0. The van der Waals surface area contributed by atoms with E-state index < -0.39 is 17.7 Å². The minimum absolute atomic E-state index is 0.0890. The normalized spacial score (nSPS) is 28.0. The first-order chi connectivity index (χ1) is 7.66. The van der Waals surface area contributed by atoms with Gasteiger partial charge >= 0.3 is 0 Å². The van der Waals surface area contributed by atoms with Crippen molar-refractivity contribution in [2.24, 2.45) is 10.9 Å². The van der Waals surface area contributed by atoms with Gasteiger partial charge in [0.25, 0.3) is 5.91 Å². The topological polar surface area (TPSA) is 87.6 Å². The highest BCUT2D eigenvalue weighted by Gasteiger charge is 2.29. The highest BCUT2D eigenvalue weighted by molar-refractivity contribution is 6.07. The van der Waals surface area contributed by atoms with Gasteiger partial charge < -0.3 is 10.6 Å². The van der Waals surface area contributed by atoms with Crippen molar-refractivity contribution in [1.82, 2.24) is 10.6 Å². The van der Waals surface area contributed by atoms with E-state index in [0.717, 1.165) is 0 Å². The molecular weight excluding hydrogens is 210 g/mol. The van der Waals surface area contributed by atoms with Gasteiger partial charge in [-0.2, -0.15) is 0 Å². The molecule has 1 saturated heterocycles. The third kappa shape index (κ3) is 2.16. The zero-order valence-electron chi connectivity index (χ0n) is 8.47. The molecule has 6 heteroatoms. The van der Waals surface area contributed by atoms with Crippen LogP contribution < -0.4 is 10.6 Å². The van der Waals surface area contributed by atoms with Crippen molar-refractivity contribution in [2.45, 2.75) is 12.5 Å². The molecule has 0 aromatic rings. The van der Waals surface area contributed by atoms with Crippen LogP contribution in [0.2, 0.25) is 0 Å². The molecule has 2 heterocycles. The highest BCUT2D eigenvalue weighted by atomic mass is 16.2. The van der Waals surface area contributed by atoms with Crippen molar-refractivity contribution in [3.05, 3.63) is 12.2 Å². The van der Waals surface area contributed by atoms with Gasteiger partial charge in [0.15, 0.2) is 0 Å². The Bertz CT molecular complexity index is 400. The summed E-state index contributed by atoms with van der Waals surface area (Å²) in [6.45, 7) is 0.415. The number of hydrogen-bond acceptors (Lipinski definition) is 3. The molecule has 2 rings (SSSR count). The standard InChI is InChI=1S/C10H11N3O3/c14-8-4-6(5-12-8)13-10(16)7-2-1-3-11-9(7)15/h1-3,6-7H,4-5H2,(H,12,14)(H,13,16). The monoisotopic (exact) mass is 221 g/mol. The largest absolute Gasteiger partial charge is 0.354 e. The lowest BCUT2D eigenvalue weighted by Gasteiger charge is -2.14. The van der Waals surface area contributed by atoms with Crippen LogP contribution in [0.15, 0.2) is 17.1 Å². The van der Waals surface area contributed by atoms with Crippen molar-refractivity contribution in [3.63, 3.8) is 0 Å². The lowest BCUT2D eigenvalue weighted by molar-refractivity contribution is -0.131. The molecule has 2 atom stereocenters. The maximum absolute atomic E-state index is 11.7. The number of nitrogens with zero attached hydrogens (tertiary/aromatic N) is 1. The van der Waals surface area contributed by atoms with Gasteiger partial charge in [-0.05, 0) is 6.08 Å². The summed E-state index contributed by atoms with van der Waals surface area (Å²) in [7, 11) is 0. The number of carbonyl (C=O) groups is 3. The molecule has 0 saturated carbocycles. The van der Waals surface area contributed by atoms with Crippen LogP contribution in [0.5, 0.6) is 0 Å². The van der Waals surface area contributed by atoms with Crippen LogP contribution in [-0.4, -0.2) is 36.5 Å². The molecule has 2 aliphatic heterocycles. The number of carbonyl (C=O) groups excluding carboxylic acids is 3. The van der Waals surface area contributed by atoms with Gasteiger partial charge in [-0.15, -0.1) is 0 Å². The number of allylic oxidation sites excluding steroid dienone is 1. The summed E-state index contributed by atoms with van der Waals surface area (Å²) in [6.07, 6.45) is 4.67. The first kappa shape index (κ1) is 10.5. The average Bonchev–Trinajstić information content (AvgIpc) is 2.64. The lowest BCUT2D eigenvalue weighted by atomic mass is 10.1. The molecule has 0 bridgehead atoms. The molecule has 1 fully saturated rings. The number of nitrogens with one attached hydrogen (secondary N) is 2. The molecule has 2 unspecified atom stereocenters. The van der Waals surface area contributed by atoms with E-state index in [4.69, 9.17) is 0 Å². The van der Waals surface area contributed by atoms with E-state index in [9.17, 15) is 14.4 Å². The highest BCUT2D eigenvalue weighted by Crippen LogP contribution is 2.08. The van der Waals surface area contributed by atoms with Gasteiger partial charge in [0.2, 0.25) is 11.8 Å². The number of rotatable bonds is 2. The van der Waals surface area contributed by atoms with E-state index in [1.165, 1.54) is 12.3 Å². The molecule has 3 amide bonds. The van der Waals surface area contributed by atoms with Crippen LogP contribution >= 0.6 is 0 Å². The smallest absolute Gasteiger partial charge is 0.262 e. The fourth-order valence-electron chi connectivity index (χ4n) is 1.64. The van der Waals surface area contributed by atoms with Crippen molar-refractivity contribution in [2.75, 3.05) is 6.54 Å². The quantitative estimate of drug-likeness (QED) is 0.572. The molecule has 0 aromatic carbocycles. The third-order valence-electron chi connectivity index (χ3n) is 2.46. The molecule has 84 valence electrons. The van der Waals surface area contributed by atoms with Gasteiger partial charge in [-0.3, -0.25) is 14.4 Å². The average molecular weight is 221 g/mol. The van der Waals surface area contributed by atoms with Crippen LogP contribution in [-0.2, 0) is 14.4 Å². The van der Waals surface area contributed by atoms with Crippen molar-refractivity contribution < 1.29 is 14.4 Å². The lowest BCUT2D eigenvalue weighted by Crippen LogP contribution is -2.42. The van der Waals surface area contributed by atoms with E-state index in [2.05, 4.69) is 15.6 Å².